The zero-order chi connectivity index (χ0) is 19.0. The van der Waals surface area contributed by atoms with Crippen LogP contribution in [0.25, 0.3) is 11.1 Å². The Hall–Kier alpha value is -2.40. The average molecular weight is 366 g/mol. The summed E-state index contributed by atoms with van der Waals surface area (Å²) >= 11 is 0. The molecule has 0 radical (unpaired) electrons. The molecule has 5 heteroatoms. The number of rotatable bonds is 4. The van der Waals surface area contributed by atoms with Crippen molar-refractivity contribution in [2.45, 2.75) is 58.2 Å². The number of carbonyl (C=O) groups excluding carboxylic acids is 1. The summed E-state index contributed by atoms with van der Waals surface area (Å²) in [5, 5.41) is 2.99. The molecule has 0 unspecified atom stereocenters. The summed E-state index contributed by atoms with van der Waals surface area (Å²) < 4.78 is 7.88. The predicted octanol–water partition coefficient (Wildman–Crippen LogP) is 3.70. The van der Waals surface area contributed by atoms with Crippen LogP contribution in [0.1, 0.15) is 48.8 Å². The number of aryl methyl sites for hydroxylation is 2. The van der Waals surface area contributed by atoms with Gasteiger partial charge in [-0.2, -0.15) is 0 Å². The topological polar surface area (TPSA) is 60.3 Å². The Morgan fingerprint density at radius 2 is 1.96 bits per heavy atom. The van der Waals surface area contributed by atoms with Gasteiger partial charge < -0.3 is 14.6 Å². The van der Waals surface area contributed by atoms with E-state index in [9.17, 15) is 9.59 Å². The minimum atomic E-state index is 0.0210. The second-order valence-corrected chi connectivity index (χ2v) is 7.71. The fourth-order valence-electron chi connectivity index (χ4n) is 4.26. The summed E-state index contributed by atoms with van der Waals surface area (Å²) in [7, 11) is 1.78. The number of pyridine rings is 1. The van der Waals surface area contributed by atoms with Crippen LogP contribution in [0.3, 0.4) is 0 Å². The van der Waals surface area contributed by atoms with Crippen LogP contribution in [0.5, 0.6) is 0 Å². The zero-order valence-electron chi connectivity index (χ0n) is 16.0. The van der Waals surface area contributed by atoms with Crippen molar-refractivity contribution < 1.29 is 9.53 Å². The Bertz CT molecular complexity index is 913. The van der Waals surface area contributed by atoms with Crippen LogP contribution in [0, 0.1) is 6.92 Å². The van der Waals surface area contributed by atoms with Crippen molar-refractivity contribution >= 4 is 11.6 Å². The molecule has 2 heterocycles. The molecule has 27 heavy (non-hydrogen) atoms. The molecule has 1 aromatic carbocycles. The van der Waals surface area contributed by atoms with Gasteiger partial charge in [0.15, 0.2) is 0 Å². The average Bonchev–Trinajstić information content (AvgIpc) is 3.17. The number of nitrogens with zero attached hydrogens (tertiary/aromatic N) is 1. The van der Waals surface area contributed by atoms with Gasteiger partial charge in [-0.15, -0.1) is 0 Å². The normalized spacial score (nSPS) is 17.0. The highest BCUT2D eigenvalue weighted by molar-refractivity contribution is 5.95. The maximum absolute atomic E-state index is 12.1. The monoisotopic (exact) mass is 366 g/mol. The molecule has 1 amide bonds. The van der Waals surface area contributed by atoms with Gasteiger partial charge in [-0.1, -0.05) is 18.9 Å². The second kappa shape index (κ2) is 7.31. The molecule has 1 N–H and O–H groups in total. The Kier molecular flexibility index (Phi) is 4.87. The number of carbonyl (C=O) groups is 1. The molecule has 0 spiro atoms. The molecule has 1 aliphatic carbocycles. The van der Waals surface area contributed by atoms with E-state index >= 15 is 0 Å². The number of hydrogen-bond donors (Lipinski definition) is 1. The molecule has 4 rings (SSSR count). The quantitative estimate of drug-likeness (QED) is 0.897. The molecule has 0 atom stereocenters. The molecule has 0 saturated heterocycles. The lowest BCUT2D eigenvalue weighted by Gasteiger charge is -2.24. The highest BCUT2D eigenvalue weighted by Gasteiger charge is 2.23. The fourth-order valence-corrected chi connectivity index (χ4v) is 4.26. The van der Waals surface area contributed by atoms with E-state index in [-0.39, 0.29) is 11.5 Å². The van der Waals surface area contributed by atoms with Gasteiger partial charge in [-0.05, 0) is 60.6 Å². The number of aromatic nitrogens is 1. The molecule has 2 aromatic rings. The summed E-state index contributed by atoms with van der Waals surface area (Å²) in [6, 6.07) is 5.96. The molecule has 1 aromatic heterocycles. The summed E-state index contributed by atoms with van der Waals surface area (Å²) in [6.45, 7) is 2.39. The number of amides is 1. The van der Waals surface area contributed by atoms with Crippen LogP contribution in [-0.4, -0.2) is 16.6 Å². The second-order valence-electron chi connectivity index (χ2n) is 7.71. The van der Waals surface area contributed by atoms with Crippen molar-refractivity contribution in [3.63, 3.8) is 0 Å². The summed E-state index contributed by atoms with van der Waals surface area (Å²) in [6.07, 6.45) is 8.16. The third-order valence-electron chi connectivity index (χ3n) is 5.75. The first-order valence-corrected chi connectivity index (χ1v) is 9.77. The molecule has 0 bridgehead atoms. The van der Waals surface area contributed by atoms with E-state index in [2.05, 4.69) is 5.32 Å². The largest absolute Gasteiger partial charge is 0.374 e. The molecule has 142 valence electrons. The Labute approximate surface area is 159 Å². The van der Waals surface area contributed by atoms with Crippen molar-refractivity contribution in [2.75, 3.05) is 5.32 Å². The van der Waals surface area contributed by atoms with Crippen LogP contribution in [0.15, 0.2) is 29.2 Å². The van der Waals surface area contributed by atoms with E-state index < -0.39 is 0 Å². The van der Waals surface area contributed by atoms with E-state index in [1.165, 1.54) is 12.8 Å². The summed E-state index contributed by atoms with van der Waals surface area (Å²) in [4.78, 5) is 23.9. The molecular formula is C22H26N2O3. The maximum atomic E-state index is 12.1. The van der Waals surface area contributed by atoms with Crippen LogP contribution in [0.4, 0.5) is 5.69 Å². The van der Waals surface area contributed by atoms with Crippen molar-refractivity contribution in [2.24, 2.45) is 7.05 Å². The van der Waals surface area contributed by atoms with Gasteiger partial charge in [-0.3, -0.25) is 9.59 Å². The molecule has 1 fully saturated rings. The lowest BCUT2D eigenvalue weighted by molar-refractivity contribution is -0.116. The number of benzene rings is 1. The summed E-state index contributed by atoms with van der Waals surface area (Å²) in [5.74, 6) is 0.0656. The van der Waals surface area contributed by atoms with Gasteiger partial charge in [0, 0.05) is 30.9 Å². The standard InChI is InChI=1S/C22H26N2O3/c1-14-11-15(12-24(2)22(14)26)17-7-9-20-18(8-10-21(25)23-20)19(17)13-27-16-5-3-4-6-16/h7,9,11-12,16H,3-6,8,10,13H2,1-2H3,(H,23,25). The van der Waals surface area contributed by atoms with Crippen LogP contribution < -0.4 is 10.9 Å². The van der Waals surface area contributed by atoms with E-state index in [0.29, 0.717) is 19.1 Å². The van der Waals surface area contributed by atoms with E-state index in [1.807, 2.05) is 31.3 Å². The molecule has 1 saturated carbocycles. The highest BCUT2D eigenvalue weighted by Crippen LogP contribution is 2.35. The lowest BCUT2D eigenvalue weighted by Crippen LogP contribution is -2.22. The third kappa shape index (κ3) is 3.56. The molecule has 1 aliphatic heterocycles. The first-order chi connectivity index (χ1) is 13.0. The molecule has 5 nitrogen and oxygen atoms in total. The van der Waals surface area contributed by atoms with Gasteiger partial charge >= 0.3 is 0 Å². The number of nitrogens with one attached hydrogen (secondary N) is 1. The van der Waals surface area contributed by atoms with Gasteiger partial charge in [0.1, 0.15) is 0 Å². The minimum absolute atomic E-state index is 0.0210. The minimum Gasteiger partial charge on any atom is -0.374 e. The van der Waals surface area contributed by atoms with Crippen molar-refractivity contribution in [3.05, 3.63) is 51.4 Å². The zero-order valence-corrected chi connectivity index (χ0v) is 16.0. The predicted molar refractivity (Wildman–Crippen MR) is 106 cm³/mol. The number of fused-ring (bicyclic) bond motifs is 1. The summed E-state index contributed by atoms with van der Waals surface area (Å²) in [5.41, 5.74) is 6.04. The Morgan fingerprint density at radius 3 is 2.70 bits per heavy atom. The Balaban J connectivity index is 1.78. The number of hydrogen-bond acceptors (Lipinski definition) is 3. The Morgan fingerprint density at radius 1 is 1.19 bits per heavy atom. The van der Waals surface area contributed by atoms with E-state index in [1.54, 1.807) is 11.6 Å². The van der Waals surface area contributed by atoms with Gasteiger partial charge in [0.2, 0.25) is 5.91 Å². The smallest absolute Gasteiger partial charge is 0.253 e. The first kappa shape index (κ1) is 18.0. The first-order valence-electron chi connectivity index (χ1n) is 9.77. The fraction of sp³-hybridized carbons (Fsp3) is 0.455. The number of ether oxygens (including phenoxy) is 1. The van der Waals surface area contributed by atoms with E-state index in [0.717, 1.165) is 52.8 Å². The van der Waals surface area contributed by atoms with Gasteiger partial charge in [0.25, 0.3) is 5.56 Å². The maximum Gasteiger partial charge on any atom is 0.253 e. The molecule has 2 aliphatic rings. The molecular weight excluding hydrogens is 340 g/mol. The van der Waals surface area contributed by atoms with Crippen LogP contribution in [-0.2, 0) is 29.6 Å². The van der Waals surface area contributed by atoms with Crippen molar-refractivity contribution in [3.8, 4) is 11.1 Å². The van der Waals surface area contributed by atoms with Crippen molar-refractivity contribution in [1.29, 1.82) is 0 Å². The number of anilines is 1. The third-order valence-corrected chi connectivity index (χ3v) is 5.75. The lowest BCUT2D eigenvalue weighted by atomic mass is 9.90. The SMILES string of the molecule is Cc1cc(-c2ccc3c(c2COC2CCCC2)CCC(=O)N3)cn(C)c1=O. The highest BCUT2D eigenvalue weighted by atomic mass is 16.5. The van der Waals surface area contributed by atoms with Gasteiger partial charge in [-0.25, -0.2) is 0 Å². The van der Waals surface area contributed by atoms with Crippen molar-refractivity contribution in [1.82, 2.24) is 4.57 Å². The van der Waals surface area contributed by atoms with Gasteiger partial charge in [0.05, 0.1) is 12.7 Å². The van der Waals surface area contributed by atoms with Crippen LogP contribution in [0.2, 0.25) is 0 Å². The van der Waals surface area contributed by atoms with E-state index in [4.69, 9.17) is 4.74 Å². The van der Waals surface area contributed by atoms with Crippen LogP contribution >= 0.6 is 0 Å².